The van der Waals surface area contributed by atoms with Gasteiger partial charge in [0.2, 0.25) is 5.91 Å². The summed E-state index contributed by atoms with van der Waals surface area (Å²) in [7, 11) is 1.63. The molecule has 0 saturated heterocycles. The van der Waals surface area contributed by atoms with Gasteiger partial charge in [-0.1, -0.05) is 54.6 Å². The predicted molar refractivity (Wildman–Crippen MR) is 146 cm³/mol. The fraction of sp³-hybridized carbons (Fsp3) is 0.167. The second kappa shape index (κ2) is 11.6. The fourth-order valence-corrected chi connectivity index (χ4v) is 4.77. The highest BCUT2D eigenvalue weighted by Crippen LogP contribution is 2.35. The molecule has 1 aromatic heterocycles. The van der Waals surface area contributed by atoms with Gasteiger partial charge in [-0.05, 0) is 54.8 Å². The van der Waals surface area contributed by atoms with Gasteiger partial charge >= 0.3 is 0 Å². The number of pyridine rings is 1. The van der Waals surface area contributed by atoms with Crippen LogP contribution in [0.15, 0.2) is 83.9 Å². The van der Waals surface area contributed by atoms with Crippen molar-refractivity contribution in [3.63, 3.8) is 0 Å². The summed E-state index contributed by atoms with van der Waals surface area (Å²) in [5.41, 5.74) is 6.97. The van der Waals surface area contributed by atoms with Crippen molar-refractivity contribution in [2.75, 3.05) is 18.2 Å². The monoisotopic (exact) mass is 493 g/mol. The molecule has 6 heteroatoms. The Bertz CT molecular complexity index is 1410. The highest BCUT2D eigenvalue weighted by atomic mass is 32.2. The number of carbonyl (C=O) groups is 1. The average Bonchev–Trinajstić information content (AvgIpc) is 2.91. The van der Waals surface area contributed by atoms with Gasteiger partial charge in [0.05, 0.1) is 18.4 Å². The second-order valence-electron chi connectivity index (χ2n) is 8.34. The van der Waals surface area contributed by atoms with Crippen molar-refractivity contribution in [1.29, 1.82) is 5.26 Å². The molecule has 0 atom stereocenters. The first-order valence-corrected chi connectivity index (χ1v) is 12.6. The van der Waals surface area contributed by atoms with Crippen LogP contribution in [0.2, 0.25) is 0 Å². The van der Waals surface area contributed by atoms with E-state index in [9.17, 15) is 10.1 Å². The van der Waals surface area contributed by atoms with Crippen molar-refractivity contribution in [3.8, 4) is 34.2 Å². The molecule has 36 heavy (non-hydrogen) atoms. The number of rotatable bonds is 8. The molecule has 0 fully saturated rings. The maximum Gasteiger partial charge on any atom is 0.225 e. The standard InChI is InChI=1S/C30H27N3O2S/c1-20-8-7-11-27(21(20)2)32-29(34)16-17-36-30-26(19-31)25(22-12-14-24(35-3)15-13-22)18-28(33-30)23-9-5-4-6-10-23/h4-15,18H,16-17H2,1-3H3,(H,32,34). The summed E-state index contributed by atoms with van der Waals surface area (Å²) < 4.78 is 5.29. The molecule has 0 radical (unpaired) electrons. The molecule has 0 aliphatic rings. The molecule has 0 unspecified atom stereocenters. The van der Waals surface area contributed by atoms with E-state index in [1.165, 1.54) is 11.8 Å². The first-order chi connectivity index (χ1) is 17.5. The number of carbonyl (C=O) groups excluding carboxylic acids is 1. The van der Waals surface area contributed by atoms with Gasteiger partial charge in [-0.25, -0.2) is 4.98 Å². The third-order valence-electron chi connectivity index (χ3n) is 6.02. The molecule has 0 saturated carbocycles. The van der Waals surface area contributed by atoms with Gasteiger partial charge in [-0.3, -0.25) is 4.79 Å². The lowest BCUT2D eigenvalue weighted by Crippen LogP contribution is -2.13. The van der Waals surface area contributed by atoms with Crippen molar-refractivity contribution < 1.29 is 9.53 Å². The van der Waals surface area contributed by atoms with Crippen molar-refractivity contribution in [1.82, 2.24) is 4.98 Å². The quantitative estimate of drug-likeness (QED) is 0.267. The number of aryl methyl sites for hydroxylation is 1. The van der Waals surface area contributed by atoms with E-state index < -0.39 is 0 Å². The van der Waals surface area contributed by atoms with E-state index >= 15 is 0 Å². The lowest BCUT2D eigenvalue weighted by molar-refractivity contribution is -0.115. The highest BCUT2D eigenvalue weighted by Gasteiger charge is 2.17. The maximum atomic E-state index is 12.6. The number of hydrogen-bond donors (Lipinski definition) is 1. The van der Waals surface area contributed by atoms with Gasteiger partial charge < -0.3 is 10.1 Å². The average molecular weight is 494 g/mol. The number of nitriles is 1. The molecule has 1 N–H and O–H groups in total. The Morgan fingerprint density at radius 2 is 1.75 bits per heavy atom. The van der Waals surface area contributed by atoms with Crippen LogP contribution in [0.25, 0.3) is 22.4 Å². The SMILES string of the molecule is COc1ccc(-c2cc(-c3ccccc3)nc(SCCC(=O)Nc3cccc(C)c3C)c2C#N)cc1. The molecule has 0 aliphatic carbocycles. The van der Waals surface area contributed by atoms with Crippen LogP contribution in [0.5, 0.6) is 5.75 Å². The van der Waals surface area contributed by atoms with Crippen molar-refractivity contribution in [2.45, 2.75) is 25.3 Å². The predicted octanol–water partition coefficient (Wildman–Crippen LogP) is 7.03. The molecule has 0 aliphatic heterocycles. The van der Waals surface area contributed by atoms with Crippen LogP contribution in [0.4, 0.5) is 5.69 Å². The first-order valence-electron chi connectivity index (χ1n) is 11.6. The minimum atomic E-state index is -0.0655. The molecule has 180 valence electrons. The summed E-state index contributed by atoms with van der Waals surface area (Å²) >= 11 is 1.42. The highest BCUT2D eigenvalue weighted by molar-refractivity contribution is 7.99. The Balaban J connectivity index is 1.60. The molecule has 5 nitrogen and oxygen atoms in total. The lowest BCUT2D eigenvalue weighted by atomic mass is 9.99. The van der Waals surface area contributed by atoms with Crippen LogP contribution in [0, 0.1) is 25.2 Å². The number of benzene rings is 3. The normalized spacial score (nSPS) is 10.5. The molecule has 4 aromatic rings. The zero-order valence-corrected chi connectivity index (χ0v) is 21.4. The number of amides is 1. The summed E-state index contributed by atoms with van der Waals surface area (Å²) in [5, 5.41) is 13.7. The molecule has 1 heterocycles. The number of ether oxygens (including phenoxy) is 1. The molecule has 0 spiro atoms. The number of methoxy groups -OCH3 is 1. The van der Waals surface area contributed by atoms with Crippen molar-refractivity contribution in [3.05, 3.63) is 95.6 Å². The van der Waals surface area contributed by atoms with Crippen molar-refractivity contribution >= 4 is 23.4 Å². The number of nitrogens with one attached hydrogen (secondary N) is 1. The molecule has 4 rings (SSSR count). The summed E-state index contributed by atoms with van der Waals surface area (Å²) in [6, 6.07) is 27.7. The number of hydrogen-bond acceptors (Lipinski definition) is 5. The second-order valence-corrected chi connectivity index (χ2v) is 9.42. The number of thioether (sulfide) groups is 1. The topological polar surface area (TPSA) is 75.0 Å². The Morgan fingerprint density at radius 3 is 2.44 bits per heavy atom. The third kappa shape index (κ3) is 5.76. The van der Waals surface area contributed by atoms with E-state index in [4.69, 9.17) is 9.72 Å². The largest absolute Gasteiger partial charge is 0.497 e. The third-order valence-corrected chi connectivity index (χ3v) is 6.99. The number of nitrogens with zero attached hydrogens (tertiary/aromatic N) is 2. The van der Waals surface area contributed by atoms with E-state index in [1.54, 1.807) is 7.11 Å². The zero-order chi connectivity index (χ0) is 25.5. The van der Waals surface area contributed by atoms with E-state index in [1.807, 2.05) is 92.7 Å². The first kappa shape index (κ1) is 25.0. The summed E-state index contributed by atoms with van der Waals surface area (Å²) in [6.45, 7) is 4.02. The van der Waals surface area contributed by atoms with Gasteiger partial charge in [0, 0.05) is 29.0 Å². The van der Waals surface area contributed by atoms with Gasteiger partial charge in [0.25, 0.3) is 0 Å². The number of anilines is 1. The van der Waals surface area contributed by atoms with Crippen LogP contribution >= 0.6 is 11.8 Å². The Kier molecular flexibility index (Phi) is 8.04. The summed E-state index contributed by atoms with van der Waals surface area (Å²) in [5.74, 6) is 1.18. The van der Waals surface area contributed by atoms with Gasteiger partial charge in [0.1, 0.15) is 16.8 Å². The van der Waals surface area contributed by atoms with Gasteiger partial charge in [-0.2, -0.15) is 5.26 Å². The molecule has 1 amide bonds. The van der Waals surface area contributed by atoms with E-state index in [2.05, 4.69) is 11.4 Å². The van der Waals surface area contributed by atoms with E-state index in [0.717, 1.165) is 44.9 Å². The minimum absolute atomic E-state index is 0.0655. The Labute approximate surface area is 216 Å². The Morgan fingerprint density at radius 1 is 1.00 bits per heavy atom. The zero-order valence-electron chi connectivity index (χ0n) is 20.5. The lowest BCUT2D eigenvalue weighted by Gasteiger charge is -2.13. The van der Waals surface area contributed by atoms with E-state index in [-0.39, 0.29) is 5.91 Å². The summed E-state index contributed by atoms with van der Waals surface area (Å²) in [4.78, 5) is 17.5. The number of aromatic nitrogens is 1. The molecule has 0 bridgehead atoms. The minimum Gasteiger partial charge on any atom is -0.497 e. The smallest absolute Gasteiger partial charge is 0.225 e. The Hall–Kier alpha value is -4.08. The van der Waals surface area contributed by atoms with Gasteiger partial charge in [-0.15, -0.1) is 11.8 Å². The van der Waals surface area contributed by atoms with Crippen LogP contribution in [0.1, 0.15) is 23.1 Å². The van der Waals surface area contributed by atoms with Gasteiger partial charge in [0.15, 0.2) is 0 Å². The van der Waals surface area contributed by atoms with Crippen LogP contribution in [-0.2, 0) is 4.79 Å². The molecular weight excluding hydrogens is 466 g/mol. The van der Waals surface area contributed by atoms with Crippen LogP contribution < -0.4 is 10.1 Å². The van der Waals surface area contributed by atoms with Crippen molar-refractivity contribution in [2.24, 2.45) is 0 Å². The van der Waals surface area contributed by atoms with E-state index in [0.29, 0.717) is 22.8 Å². The maximum absolute atomic E-state index is 12.6. The summed E-state index contributed by atoms with van der Waals surface area (Å²) in [6.07, 6.45) is 0.304. The van der Waals surface area contributed by atoms with Crippen LogP contribution in [0.3, 0.4) is 0 Å². The molecular formula is C30H27N3O2S. The molecule has 3 aromatic carbocycles. The van der Waals surface area contributed by atoms with Crippen LogP contribution in [-0.4, -0.2) is 23.8 Å². The fourth-order valence-electron chi connectivity index (χ4n) is 3.83.